The summed E-state index contributed by atoms with van der Waals surface area (Å²) >= 11 is 0. The van der Waals surface area contributed by atoms with Gasteiger partial charge in [-0.25, -0.2) is 0 Å². The minimum atomic E-state index is -0.181. The Morgan fingerprint density at radius 2 is 1.43 bits per heavy atom. The predicted octanol–water partition coefficient (Wildman–Crippen LogP) is -0.203. The van der Waals surface area contributed by atoms with E-state index in [1.807, 2.05) is 20.8 Å². The Balaban J connectivity index is 1.63. The average molecular weight is 296 g/mol. The molecule has 2 amide bonds. The van der Waals surface area contributed by atoms with Crippen molar-refractivity contribution in [1.82, 2.24) is 20.4 Å². The van der Waals surface area contributed by atoms with E-state index in [0.717, 1.165) is 39.0 Å². The Morgan fingerprint density at radius 1 is 0.952 bits per heavy atom. The normalized spacial score (nSPS) is 21.1. The lowest BCUT2D eigenvalue weighted by Crippen LogP contribution is -2.53. The predicted molar refractivity (Wildman–Crippen MR) is 81.9 cm³/mol. The monoisotopic (exact) mass is 296 g/mol. The van der Waals surface area contributed by atoms with Crippen LogP contribution in [-0.4, -0.2) is 72.5 Å². The summed E-state index contributed by atoms with van der Waals surface area (Å²) in [5.41, 5.74) is -0.181. The third kappa shape index (κ3) is 6.44. The number of rotatable bonds is 5. The summed E-state index contributed by atoms with van der Waals surface area (Å²) in [5.74, 6) is 0.207. The molecule has 1 aliphatic heterocycles. The lowest BCUT2D eigenvalue weighted by atomic mass is 10.1. The van der Waals surface area contributed by atoms with Crippen molar-refractivity contribution in [2.75, 3.05) is 39.3 Å². The van der Waals surface area contributed by atoms with E-state index in [4.69, 9.17) is 0 Å². The molecule has 1 saturated carbocycles. The van der Waals surface area contributed by atoms with Crippen LogP contribution in [0.3, 0.4) is 0 Å². The van der Waals surface area contributed by atoms with Crippen molar-refractivity contribution in [3.8, 4) is 0 Å². The van der Waals surface area contributed by atoms with Gasteiger partial charge in [-0.15, -0.1) is 0 Å². The first-order chi connectivity index (χ1) is 9.82. The first-order valence-electron chi connectivity index (χ1n) is 7.87. The standard InChI is InChI=1S/C15H28N4O2/c1-15(2,3)17-14(21)11-19-8-6-18(7-9-19)10-13(20)16-12-4-5-12/h12H,4-11H2,1-3H3,(H,16,20)(H,17,21). The van der Waals surface area contributed by atoms with Gasteiger partial charge in [0.25, 0.3) is 0 Å². The van der Waals surface area contributed by atoms with Gasteiger partial charge >= 0.3 is 0 Å². The van der Waals surface area contributed by atoms with Crippen molar-refractivity contribution in [1.29, 1.82) is 0 Å². The third-order valence-electron chi connectivity index (χ3n) is 3.66. The Hall–Kier alpha value is -1.14. The average Bonchev–Trinajstić information content (AvgIpc) is 3.13. The smallest absolute Gasteiger partial charge is 0.234 e. The Kier molecular flexibility index (Phi) is 5.22. The number of hydrogen-bond acceptors (Lipinski definition) is 4. The molecule has 1 saturated heterocycles. The molecule has 2 N–H and O–H groups in total. The molecule has 120 valence electrons. The van der Waals surface area contributed by atoms with Crippen LogP contribution in [0.1, 0.15) is 33.6 Å². The van der Waals surface area contributed by atoms with E-state index in [1.165, 1.54) is 0 Å². The second-order valence-electron chi connectivity index (χ2n) is 7.19. The first-order valence-corrected chi connectivity index (χ1v) is 7.87. The van der Waals surface area contributed by atoms with Gasteiger partial charge in [0, 0.05) is 37.8 Å². The molecular weight excluding hydrogens is 268 g/mol. The molecule has 1 heterocycles. The Morgan fingerprint density at radius 3 is 1.86 bits per heavy atom. The number of piperazine rings is 1. The summed E-state index contributed by atoms with van der Waals surface area (Å²) in [6.45, 7) is 10.3. The molecular formula is C15H28N4O2. The molecule has 0 bridgehead atoms. The molecule has 0 unspecified atom stereocenters. The largest absolute Gasteiger partial charge is 0.352 e. The fourth-order valence-corrected chi connectivity index (χ4v) is 2.47. The Bertz CT molecular complexity index is 380. The molecule has 0 aromatic rings. The first kappa shape index (κ1) is 16.2. The summed E-state index contributed by atoms with van der Waals surface area (Å²) in [6, 6.07) is 0.430. The van der Waals surface area contributed by atoms with Crippen molar-refractivity contribution in [2.24, 2.45) is 0 Å². The van der Waals surface area contributed by atoms with Gasteiger partial charge < -0.3 is 10.6 Å². The van der Waals surface area contributed by atoms with Crippen LogP contribution in [-0.2, 0) is 9.59 Å². The van der Waals surface area contributed by atoms with E-state index < -0.39 is 0 Å². The highest BCUT2D eigenvalue weighted by atomic mass is 16.2. The lowest BCUT2D eigenvalue weighted by molar-refractivity contribution is -0.125. The van der Waals surface area contributed by atoms with Gasteiger partial charge in [-0.05, 0) is 33.6 Å². The zero-order valence-electron chi connectivity index (χ0n) is 13.4. The zero-order valence-corrected chi connectivity index (χ0v) is 13.4. The van der Waals surface area contributed by atoms with Gasteiger partial charge in [-0.1, -0.05) is 0 Å². The lowest BCUT2D eigenvalue weighted by Gasteiger charge is -2.34. The molecule has 6 nitrogen and oxygen atoms in total. The molecule has 0 spiro atoms. The molecule has 21 heavy (non-hydrogen) atoms. The summed E-state index contributed by atoms with van der Waals surface area (Å²) in [5, 5.41) is 5.99. The fourth-order valence-electron chi connectivity index (χ4n) is 2.47. The van der Waals surface area contributed by atoms with Crippen molar-refractivity contribution in [2.45, 2.75) is 45.2 Å². The van der Waals surface area contributed by atoms with Crippen LogP contribution in [0.4, 0.5) is 0 Å². The number of nitrogens with zero attached hydrogens (tertiary/aromatic N) is 2. The minimum absolute atomic E-state index is 0.0717. The molecule has 2 rings (SSSR count). The van der Waals surface area contributed by atoms with Crippen LogP contribution < -0.4 is 10.6 Å². The number of carbonyl (C=O) groups excluding carboxylic acids is 2. The van der Waals surface area contributed by atoms with Gasteiger partial charge in [0.1, 0.15) is 0 Å². The van der Waals surface area contributed by atoms with Crippen LogP contribution in [0, 0.1) is 0 Å². The highest BCUT2D eigenvalue weighted by Crippen LogP contribution is 2.18. The number of amides is 2. The maximum absolute atomic E-state index is 11.9. The second kappa shape index (κ2) is 6.75. The molecule has 2 fully saturated rings. The fraction of sp³-hybridized carbons (Fsp3) is 0.867. The van der Waals surface area contributed by atoms with Gasteiger partial charge in [0.15, 0.2) is 0 Å². The minimum Gasteiger partial charge on any atom is -0.352 e. The molecule has 0 radical (unpaired) electrons. The molecule has 1 aliphatic carbocycles. The maximum Gasteiger partial charge on any atom is 0.234 e. The summed E-state index contributed by atoms with van der Waals surface area (Å²) < 4.78 is 0. The van der Waals surface area contributed by atoms with Crippen LogP contribution in [0.15, 0.2) is 0 Å². The SMILES string of the molecule is CC(C)(C)NC(=O)CN1CCN(CC(=O)NC2CC2)CC1. The van der Waals surface area contributed by atoms with Gasteiger partial charge in [-0.2, -0.15) is 0 Å². The Labute approximate surface area is 127 Å². The van der Waals surface area contributed by atoms with Crippen LogP contribution >= 0.6 is 0 Å². The van der Waals surface area contributed by atoms with E-state index in [2.05, 4.69) is 20.4 Å². The highest BCUT2D eigenvalue weighted by molar-refractivity contribution is 5.79. The van der Waals surface area contributed by atoms with E-state index >= 15 is 0 Å². The van der Waals surface area contributed by atoms with Gasteiger partial charge in [0.2, 0.25) is 11.8 Å². The molecule has 6 heteroatoms. The number of carbonyl (C=O) groups is 2. The van der Waals surface area contributed by atoms with Gasteiger partial charge in [0.05, 0.1) is 13.1 Å². The van der Waals surface area contributed by atoms with Crippen LogP contribution in [0.25, 0.3) is 0 Å². The van der Waals surface area contributed by atoms with Gasteiger partial charge in [-0.3, -0.25) is 19.4 Å². The molecule has 0 aromatic heterocycles. The summed E-state index contributed by atoms with van der Waals surface area (Å²) in [6.07, 6.45) is 2.25. The second-order valence-corrected chi connectivity index (χ2v) is 7.19. The van der Waals surface area contributed by atoms with Crippen molar-refractivity contribution in [3.63, 3.8) is 0 Å². The molecule has 0 atom stereocenters. The zero-order chi connectivity index (χ0) is 15.5. The topological polar surface area (TPSA) is 64.7 Å². The highest BCUT2D eigenvalue weighted by Gasteiger charge is 2.26. The van der Waals surface area contributed by atoms with Crippen LogP contribution in [0.2, 0.25) is 0 Å². The third-order valence-corrected chi connectivity index (χ3v) is 3.66. The van der Waals surface area contributed by atoms with E-state index in [-0.39, 0.29) is 17.4 Å². The van der Waals surface area contributed by atoms with E-state index in [1.54, 1.807) is 0 Å². The van der Waals surface area contributed by atoms with Crippen molar-refractivity contribution >= 4 is 11.8 Å². The van der Waals surface area contributed by atoms with E-state index in [0.29, 0.717) is 19.1 Å². The number of hydrogen-bond donors (Lipinski definition) is 2. The maximum atomic E-state index is 11.9. The van der Waals surface area contributed by atoms with Crippen molar-refractivity contribution < 1.29 is 9.59 Å². The van der Waals surface area contributed by atoms with E-state index in [9.17, 15) is 9.59 Å². The summed E-state index contributed by atoms with van der Waals surface area (Å²) in [7, 11) is 0. The molecule has 2 aliphatic rings. The summed E-state index contributed by atoms with van der Waals surface area (Å²) in [4.78, 5) is 27.9. The van der Waals surface area contributed by atoms with Crippen molar-refractivity contribution in [3.05, 3.63) is 0 Å². The van der Waals surface area contributed by atoms with Crippen LogP contribution in [0.5, 0.6) is 0 Å². The number of nitrogens with one attached hydrogen (secondary N) is 2. The quantitative estimate of drug-likeness (QED) is 0.737. The molecule has 0 aromatic carbocycles.